The summed E-state index contributed by atoms with van der Waals surface area (Å²) in [6, 6.07) is 6.52. The first kappa shape index (κ1) is 13.8. The maximum absolute atomic E-state index is 11.7. The molecule has 1 N–H and O–H groups in total. The molecular formula is C14H14N2O4. The number of nitrogens with zero attached hydrogens (tertiary/aromatic N) is 1. The number of carbonyl (C=O) groups is 1. The molecule has 2 aromatic rings. The molecule has 0 aliphatic carbocycles. The van der Waals surface area contributed by atoms with Crippen molar-refractivity contribution in [2.45, 2.75) is 13.8 Å². The third kappa shape index (κ3) is 3.44. The Morgan fingerprint density at radius 1 is 1.35 bits per heavy atom. The molecule has 2 heterocycles. The number of pyridine rings is 1. The molecule has 20 heavy (non-hydrogen) atoms. The molecule has 6 nitrogen and oxygen atoms in total. The van der Waals surface area contributed by atoms with Gasteiger partial charge in [-0.05, 0) is 26.0 Å². The average Bonchev–Trinajstić information content (AvgIpc) is 2.38. The van der Waals surface area contributed by atoms with Crippen LogP contribution in [0.3, 0.4) is 0 Å². The molecule has 0 saturated carbocycles. The predicted octanol–water partition coefficient (Wildman–Crippen LogP) is 1.67. The number of hydrogen-bond acceptors (Lipinski definition) is 5. The molecule has 0 fully saturated rings. The van der Waals surface area contributed by atoms with E-state index in [-0.39, 0.29) is 17.8 Å². The summed E-state index contributed by atoms with van der Waals surface area (Å²) < 4.78 is 10.2. The van der Waals surface area contributed by atoms with Crippen LogP contribution in [0.15, 0.2) is 39.7 Å². The summed E-state index contributed by atoms with van der Waals surface area (Å²) in [4.78, 5) is 27.4. The van der Waals surface area contributed by atoms with Gasteiger partial charge < -0.3 is 14.5 Å². The Balaban J connectivity index is 1.98. The van der Waals surface area contributed by atoms with Crippen molar-refractivity contribution in [1.82, 2.24) is 4.98 Å². The Labute approximate surface area is 115 Å². The van der Waals surface area contributed by atoms with Crippen LogP contribution in [0.2, 0.25) is 0 Å². The summed E-state index contributed by atoms with van der Waals surface area (Å²) in [5.41, 5.74) is 0.471. The van der Waals surface area contributed by atoms with Gasteiger partial charge in [0, 0.05) is 11.8 Å². The molecule has 0 spiro atoms. The molecule has 0 aliphatic rings. The van der Waals surface area contributed by atoms with Crippen molar-refractivity contribution < 1.29 is 13.9 Å². The van der Waals surface area contributed by atoms with Gasteiger partial charge in [0.1, 0.15) is 11.6 Å². The fourth-order valence-electron chi connectivity index (χ4n) is 1.60. The van der Waals surface area contributed by atoms with Crippen LogP contribution in [0.4, 0.5) is 5.82 Å². The Bertz CT molecular complexity index is 679. The highest BCUT2D eigenvalue weighted by Crippen LogP contribution is 2.10. The van der Waals surface area contributed by atoms with Gasteiger partial charge >= 0.3 is 0 Å². The minimum absolute atomic E-state index is 0.0415. The summed E-state index contributed by atoms with van der Waals surface area (Å²) in [5, 5.41) is 2.58. The van der Waals surface area contributed by atoms with Crippen molar-refractivity contribution in [2.75, 3.05) is 11.9 Å². The van der Waals surface area contributed by atoms with Crippen LogP contribution in [0.25, 0.3) is 0 Å². The SMILES string of the molecule is Cc1cccc(NC(=O)COc2c(C)occc2=O)n1. The third-order valence-electron chi connectivity index (χ3n) is 2.51. The number of ether oxygens (including phenoxy) is 1. The number of hydrogen-bond donors (Lipinski definition) is 1. The summed E-state index contributed by atoms with van der Waals surface area (Å²) in [6.07, 6.45) is 1.28. The van der Waals surface area contributed by atoms with Gasteiger partial charge in [0.25, 0.3) is 5.91 Å². The van der Waals surface area contributed by atoms with Crippen LogP contribution >= 0.6 is 0 Å². The van der Waals surface area contributed by atoms with Crippen LogP contribution < -0.4 is 15.5 Å². The maximum atomic E-state index is 11.7. The van der Waals surface area contributed by atoms with Gasteiger partial charge in [-0.2, -0.15) is 0 Å². The van der Waals surface area contributed by atoms with Crippen molar-refractivity contribution in [3.05, 3.63) is 52.2 Å². The standard InChI is InChI=1S/C14H14N2O4/c1-9-4-3-5-12(15-9)16-13(18)8-20-14-10(2)19-7-6-11(14)17/h3-7H,8H2,1-2H3,(H,15,16,18). The maximum Gasteiger partial charge on any atom is 0.263 e. The van der Waals surface area contributed by atoms with Gasteiger partial charge in [-0.25, -0.2) is 4.98 Å². The average molecular weight is 274 g/mol. The van der Waals surface area contributed by atoms with E-state index >= 15 is 0 Å². The zero-order valence-corrected chi connectivity index (χ0v) is 11.2. The van der Waals surface area contributed by atoms with Crippen LogP contribution in [0, 0.1) is 13.8 Å². The normalized spacial score (nSPS) is 10.1. The second-order valence-electron chi connectivity index (χ2n) is 4.17. The summed E-state index contributed by atoms with van der Waals surface area (Å²) >= 11 is 0. The molecule has 0 aliphatic heterocycles. The fraction of sp³-hybridized carbons (Fsp3) is 0.214. The third-order valence-corrected chi connectivity index (χ3v) is 2.51. The number of nitrogens with one attached hydrogen (secondary N) is 1. The molecule has 0 bridgehead atoms. The summed E-state index contributed by atoms with van der Waals surface area (Å²) in [6.45, 7) is 3.13. The Hall–Kier alpha value is -2.63. The van der Waals surface area contributed by atoms with Crippen molar-refractivity contribution in [1.29, 1.82) is 0 Å². The van der Waals surface area contributed by atoms with E-state index in [4.69, 9.17) is 9.15 Å². The predicted molar refractivity (Wildman–Crippen MR) is 72.8 cm³/mol. The number of aromatic nitrogens is 1. The van der Waals surface area contributed by atoms with Gasteiger partial charge in [-0.3, -0.25) is 9.59 Å². The highest BCUT2D eigenvalue weighted by atomic mass is 16.5. The van der Waals surface area contributed by atoms with Crippen LogP contribution in [-0.4, -0.2) is 17.5 Å². The molecule has 0 saturated heterocycles. The van der Waals surface area contributed by atoms with Crippen LogP contribution in [0.1, 0.15) is 11.5 Å². The van der Waals surface area contributed by atoms with Gasteiger partial charge in [-0.15, -0.1) is 0 Å². The minimum atomic E-state index is -0.397. The van der Waals surface area contributed by atoms with E-state index in [9.17, 15) is 9.59 Å². The van der Waals surface area contributed by atoms with E-state index in [2.05, 4.69) is 10.3 Å². The largest absolute Gasteiger partial charge is 0.476 e. The van der Waals surface area contributed by atoms with Gasteiger partial charge in [0.05, 0.1) is 6.26 Å². The lowest BCUT2D eigenvalue weighted by Gasteiger charge is -2.07. The highest BCUT2D eigenvalue weighted by molar-refractivity contribution is 5.90. The van der Waals surface area contributed by atoms with Gasteiger partial charge in [0.2, 0.25) is 11.2 Å². The Morgan fingerprint density at radius 3 is 2.85 bits per heavy atom. The van der Waals surface area contributed by atoms with E-state index < -0.39 is 5.91 Å². The highest BCUT2D eigenvalue weighted by Gasteiger charge is 2.10. The lowest BCUT2D eigenvalue weighted by atomic mass is 10.3. The fourth-order valence-corrected chi connectivity index (χ4v) is 1.60. The number of rotatable bonds is 4. The van der Waals surface area contributed by atoms with Crippen molar-refractivity contribution in [3.8, 4) is 5.75 Å². The van der Waals surface area contributed by atoms with Crippen molar-refractivity contribution >= 4 is 11.7 Å². The van der Waals surface area contributed by atoms with Gasteiger partial charge in [-0.1, -0.05) is 6.07 Å². The molecule has 6 heteroatoms. The van der Waals surface area contributed by atoms with E-state index in [0.717, 1.165) is 5.69 Å². The molecule has 0 aromatic carbocycles. The second-order valence-corrected chi connectivity index (χ2v) is 4.17. The minimum Gasteiger partial charge on any atom is -0.476 e. The Morgan fingerprint density at radius 2 is 2.15 bits per heavy atom. The zero-order valence-electron chi connectivity index (χ0n) is 11.2. The molecule has 0 unspecified atom stereocenters. The smallest absolute Gasteiger partial charge is 0.263 e. The Kier molecular flexibility index (Phi) is 4.14. The lowest BCUT2D eigenvalue weighted by Crippen LogP contribution is -2.23. The molecule has 1 amide bonds. The van der Waals surface area contributed by atoms with Crippen LogP contribution in [0.5, 0.6) is 5.75 Å². The molecule has 0 atom stereocenters. The first-order valence-corrected chi connectivity index (χ1v) is 6.01. The molecule has 2 rings (SSSR count). The topological polar surface area (TPSA) is 81.4 Å². The lowest BCUT2D eigenvalue weighted by molar-refractivity contribution is -0.118. The second kappa shape index (κ2) is 6.01. The van der Waals surface area contributed by atoms with Gasteiger partial charge in [0.15, 0.2) is 6.61 Å². The first-order chi connectivity index (χ1) is 9.56. The van der Waals surface area contributed by atoms with E-state index in [1.807, 2.05) is 13.0 Å². The first-order valence-electron chi connectivity index (χ1n) is 6.01. The quantitative estimate of drug-likeness (QED) is 0.917. The molecule has 2 aromatic heterocycles. The monoisotopic (exact) mass is 274 g/mol. The number of anilines is 1. The van der Waals surface area contributed by atoms with Crippen molar-refractivity contribution in [3.63, 3.8) is 0 Å². The van der Waals surface area contributed by atoms with E-state index in [1.54, 1.807) is 19.1 Å². The number of aryl methyl sites for hydroxylation is 2. The van der Waals surface area contributed by atoms with E-state index in [0.29, 0.717) is 11.6 Å². The number of carbonyl (C=O) groups excluding carboxylic acids is 1. The van der Waals surface area contributed by atoms with Crippen molar-refractivity contribution in [2.24, 2.45) is 0 Å². The molecule has 104 valence electrons. The summed E-state index contributed by atoms with van der Waals surface area (Å²) in [7, 11) is 0. The molecule has 0 radical (unpaired) electrons. The summed E-state index contributed by atoms with van der Waals surface area (Å²) in [5.74, 6) is 0.417. The zero-order chi connectivity index (χ0) is 14.5. The van der Waals surface area contributed by atoms with E-state index in [1.165, 1.54) is 12.3 Å². The molecular weight excluding hydrogens is 260 g/mol. The van der Waals surface area contributed by atoms with Crippen LogP contribution in [-0.2, 0) is 4.79 Å². The number of amides is 1.